The number of ether oxygens (including phenoxy) is 3. The van der Waals surface area contributed by atoms with Crippen LogP contribution in [-0.2, 0) is 0 Å². The van der Waals surface area contributed by atoms with Crippen LogP contribution in [0.25, 0.3) is 10.9 Å². The van der Waals surface area contributed by atoms with Gasteiger partial charge in [-0.15, -0.1) is 16.5 Å². The Morgan fingerprint density at radius 3 is 2.47 bits per heavy atom. The quantitative estimate of drug-likeness (QED) is 0.150. The number of nitriles is 1. The van der Waals surface area contributed by atoms with Gasteiger partial charge in [0.1, 0.15) is 11.8 Å². The van der Waals surface area contributed by atoms with Crippen molar-refractivity contribution in [1.29, 1.82) is 5.26 Å². The van der Waals surface area contributed by atoms with Crippen LogP contribution in [-0.4, -0.2) is 31.7 Å². The first kappa shape index (κ1) is 23.7. The summed E-state index contributed by atoms with van der Waals surface area (Å²) in [5, 5.41) is 14.6. The fourth-order valence-corrected chi connectivity index (χ4v) is 3.70. The predicted molar refractivity (Wildman–Crippen MR) is 125 cm³/mol. The number of hydrogen-bond acceptors (Lipinski definition) is 7. The van der Waals surface area contributed by atoms with Crippen LogP contribution in [0.2, 0.25) is 10.0 Å². The van der Waals surface area contributed by atoms with Gasteiger partial charge in [-0.05, 0) is 18.6 Å². The number of anilines is 2. The number of nitrogens with zero attached hydrogens (tertiary/aromatic N) is 4. The average molecular weight is 496 g/mol. The maximum atomic E-state index is 12.0. The standard InChI is InChI=1S/C21H17Cl3N4O4/c1-30-18-9-17(14(23)7-15(18)24)28(27-29)21-12(10-25)11-26-16-8-20(32-5-3-4-22)19(31-2)6-13(16)21/h6-9,11H,3-5H2,1-2H3. The van der Waals surface area contributed by atoms with Crippen molar-refractivity contribution >= 4 is 57.1 Å². The number of hydrogen-bond donors (Lipinski definition) is 0. The van der Waals surface area contributed by atoms with Gasteiger partial charge in [0.15, 0.2) is 11.5 Å². The molecule has 0 aliphatic rings. The zero-order chi connectivity index (χ0) is 23.3. The Morgan fingerprint density at radius 1 is 1.09 bits per heavy atom. The summed E-state index contributed by atoms with van der Waals surface area (Å²) in [6.45, 7) is 0.386. The molecular weight excluding hydrogens is 479 g/mol. The van der Waals surface area contributed by atoms with Crippen LogP contribution in [0, 0.1) is 16.2 Å². The van der Waals surface area contributed by atoms with Crippen LogP contribution in [0.3, 0.4) is 0 Å². The number of fused-ring (bicyclic) bond motifs is 1. The van der Waals surface area contributed by atoms with Crippen LogP contribution < -0.4 is 19.2 Å². The molecule has 3 rings (SSSR count). The van der Waals surface area contributed by atoms with Gasteiger partial charge in [0.2, 0.25) is 0 Å². The molecule has 8 nitrogen and oxygen atoms in total. The molecule has 0 N–H and O–H groups in total. The van der Waals surface area contributed by atoms with Crippen LogP contribution >= 0.6 is 34.8 Å². The number of rotatable bonds is 9. The second kappa shape index (κ2) is 10.6. The molecule has 2 aromatic carbocycles. The molecule has 0 saturated carbocycles. The fraction of sp³-hybridized carbons (Fsp3) is 0.238. The molecule has 1 aromatic heterocycles. The first-order valence-electron chi connectivity index (χ1n) is 9.25. The monoisotopic (exact) mass is 494 g/mol. The van der Waals surface area contributed by atoms with Crippen molar-refractivity contribution in [1.82, 2.24) is 4.98 Å². The molecule has 166 valence electrons. The van der Waals surface area contributed by atoms with E-state index in [4.69, 9.17) is 49.0 Å². The normalized spacial score (nSPS) is 10.5. The summed E-state index contributed by atoms with van der Waals surface area (Å²) in [7, 11) is 2.91. The van der Waals surface area contributed by atoms with Crippen LogP contribution in [0.5, 0.6) is 17.2 Å². The highest BCUT2D eigenvalue weighted by Crippen LogP contribution is 2.44. The lowest BCUT2D eigenvalue weighted by Gasteiger charge is -2.21. The summed E-state index contributed by atoms with van der Waals surface area (Å²) < 4.78 is 16.4. The molecule has 0 bridgehead atoms. The van der Waals surface area contributed by atoms with Crippen LogP contribution in [0.4, 0.5) is 11.4 Å². The first-order valence-corrected chi connectivity index (χ1v) is 10.5. The second-order valence-corrected chi connectivity index (χ2v) is 7.57. The molecule has 0 spiro atoms. The van der Waals surface area contributed by atoms with Crippen LogP contribution in [0.1, 0.15) is 12.0 Å². The lowest BCUT2D eigenvalue weighted by Crippen LogP contribution is -2.12. The van der Waals surface area contributed by atoms with Gasteiger partial charge in [0.25, 0.3) is 0 Å². The van der Waals surface area contributed by atoms with E-state index < -0.39 is 0 Å². The van der Waals surface area contributed by atoms with Crippen molar-refractivity contribution in [3.8, 4) is 23.3 Å². The Kier molecular flexibility index (Phi) is 7.80. The van der Waals surface area contributed by atoms with Crippen molar-refractivity contribution < 1.29 is 14.2 Å². The van der Waals surface area contributed by atoms with Gasteiger partial charge in [-0.25, -0.2) is 0 Å². The number of methoxy groups -OCH3 is 2. The van der Waals surface area contributed by atoms with Crippen molar-refractivity contribution in [2.45, 2.75) is 6.42 Å². The fourth-order valence-electron chi connectivity index (χ4n) is 3.05. The molecule has 3 aromatic rings. The second-order valence-electron chi connectivity index (χ2n) is 6.38. The minimum absolute atomic E-state index is 0.0972. The molecule has 11 heteroatoms. The molecule has 32 heavy (non-hydrogen) atoms. The number of alkyl halides is 1. The van der Waals surface area contributed by atoms with Gasteiger partial charge in [-0.1, -0.05) is 23.2 Å². The van der Waals surface area contributed by atoms with E-state index in [0.717, 1.165) is 5.01 Å². The summed E-state index contributed by atoms with van der Waals surface area (Å²) in [4.78, 5) is 16.3. The van der Waals surface area contributed by atoms with E-state index in [2.05, 4.69) is 10.3 Å². The minimum atomic E-state index is 0.0972. The Bertz CT molecular complexity index is 1200. The van der Waals surface area contributed by atoms with E-state index in [9.17, 15) is 10.2 Å². The Morgan fingerprint density at radius 2 is 1.84 bits per heavy atom. The van der Waals surface area contributed by atoms with E-state index in [1.807, 2.05) is 6.07 Å². The molecule has 0 fully saturated rings. The molecular formula is C21H17Cl3N4O4. The van der Waals surface area contributed by atoms with Crippen LogP contribution in [0.15, 0.2) is 35.7 Å². The predicted octanol–water partition coefficient (Wildman–Crippen LogP) is 6.26. The number of halogens is 3. The molecule has 0 atom stereocenters. The maximum Gasteiger partial charge on any atom is 0.163 e. The number of benzene rings is 2. The zero-order valence-electron chi connectivity index (χ0n) is 17.1. The Hall–Kier alpha value is -2.99. The highest BCUT2D eigenvalue weighted by atomic mass is 35.5. The highest BCUT2D eigenvalue weighted by molar-refractivity contribution is 6.37. The van der Waals surface area contributed by atoms with Gasteiger partial charge >= 0.3 is 0 Å². The van der Waals surface area contributed by atoms with E-state index in [0.29, 0.717) is 41.3 Å². The van der Waals surface area contributed by atoms with Gasteiger partial charge in [0.05, 0.1) is 58.6 Å². The Labute approximate surface area is 199 Å². The van der Waals surface area contributed by atoms with Crippen molar-refractivity contribution in [3.63, 3.8) is 0 Å². The molecule has 1 heterocycles. The van der Waals surface area contributed by atoms with Crippen molar-refractivity contribution in [2.24, 2.45) is 5.29 Å². The van der Waals surface area contributed by atoms with E-state index >= 15 is 0 Å². The summed E-state index contributed by atoms with van der Waals surface area (Å²) in [5.74, 6) is 1.57. The maximum absolute atomic E-state index is 12.0. The third-order valence-corrected chi connectivity index (χ3v) is 5.39. The summed E-state index contributed by atoms with van der Waals surface area (Å²) in [6, 6.07) is 8.19. The van der Waals surface area contributed by atoms with Gasteiger partial charge < -0.3 is 14.2 Å². The SMILES string of the molecule is COc1cc(N(N=O)c2c(C#N)cnc3cc(OCCCCl)c(OC)cc23)c(Cl)cc1Cl. The summed E-state index contributed by atoms with van der Waals surface area (Å²) in [6.07, 6.45) is 1.99. The van der Waals surface area contributed by atoms with Gasteiger partial charge in [-0.2, -0.15) is 10.3 Å². The van der Waals surface area contributed by atoms with E-state index in [1.54, 1.807) is 12.1 Å². The largest absolute Gasteiger partial charge is 0.495 e. The molecule has 0 aliphatic heterocycles. The number of pyridine rings is 1. The topological polar surface area (TPSA) is 97.0 Å². The minimum Gasteiger partial charge on any atom is -0.495 e. The first-order chi connectivity index (χ1) is 15.5. The number of aromatic nitrogens is 1. The third kappa shape index (κ3) is 4.60. The molecule has 0 amide bonds. The van der Waals surface area contributed by atoms with Gasteiger partial charge in [0, 0.05) is 29.6 Å². The lowest BCUT2D eigenvalue weighted by atomic mass is 10.1. The smallest absolute Gasteiger partial charge is 0.163 e. The average Bonchev–Trinajstić information content (AvgIpc) is 2.80. The Balaban J connectivity index is 2.26. The molecule has 0 aliphatic carbocycles. The number of nitroso groups, excluding NO2 is 1. The molecule has 0 radical (unpaired) electrons. The van der Waals surface area contributed by atoms with Crippen molar-refractivity contribution in [2.75, 3.05) is 31.7 Å². The zero-order valence-corrected chi connectivity index (χ0v) is 19.3. The highest BCUT2D eigenvalue weighted by Gasteiger charge is 2.24. The summed E-state index contributed by atoms with van der Waals surface area (Å²) in [5.41, 5.74) is 0.893. The third-order valence-electron chi connectivity index (χ3n) is 4.52. The lowest BCUT2D eigenvalue weighted by molar-refractivity contribution is 0.295. The van der Waals surface area contributed by atoms with Crippen molar-refractivity contribution in [3.05, 3.63) is 51.0 Å². The van der Waals surface area contributed by atoms with E-state index in [-0.39, 0.29) is 32.7 Å². The molecule has 0 unspecified atom stereocenters. The van der Waals surface area contributed by atoms with E-state index in [1.165, 1.54) is 32.5 Å². The molecule has 0 saturated heterocycles. The summed E-state index contributed by atoms with van der Waals surface area (Å²) >= 11 is 18.2. The van der Waals surface area contributed by atoms with Gasteiger partial charge in [-0.3, -0.25) is 4.98 Å².